The monoisotopic (exact) mass is 469 g/mol. The van der Waals surface area contributed by atoms with Crippen molar-refractivity contribution in [3.63, 3.8) is 0 Å². The van der Waals surface area contributed by atoms with Crippen LogP contribution in [0.4, 0.5) is 10.1 Å². The lowest BCUT2D eigenvalue weighted by Crippen LogP contribution is -2.14. The Labute approximate surface area is 171 Å². The maximum absolute atomic E-state index is 14.7. The molecular weight excluding hydrogens is 452 g/mol. The topological polar surface area (TPSA) is 29.1 Å². The molecule has 1 aliphatic carbocycles. The Balaban J connectivity index is 1.64. The van der Waals surface area contributed by atoms with Crippen molar-refractivity contribution in [1.82, 2.24) is 0 Å². The van der Waals surface area contributed by atoms with Crippen LogP contribution in [-0.4, -0.2) is 5.91 Å². The summed E-state index contributed by atoms with van der Waals surface area (Å²) in [6, 6.07) is 18.3. The molecule has 3 aromatic carbocycles. The van der Waals surface area contributed by atoms with Crippen LogP contribution in [0.25, 0.3) is 17.2 Å². The summed E-state index contributed by atoms with van der Waals surface area (Å²) in [5.41, 5.74) is 4.97. The predicted molar refractivity (Wildman–Crippen MR) is 116 cm³/mol. The third-order valence-electron chi connectivity index (χ3n) is 4.71. The van der Waals surface area contributed by atoms with Gasteiger partial charge in [0.25, 0.3) is 5.91 Å². The SMILES string of the molecule is O=C(Nc1ccc(-c2cccc3c2C=CCC3)cc1F)c1ccccc1I. The summed E-state index contributed by atoms with van der Waals surface area (Å²) in [5.74, 6) is -0.754. The van der Waals surface area contributed by atoms with Gasteiger partial charge in [0, 0.05) is 3.57 Å². The molecule has 0 unspecified atom stereocenters. The van der Waals surface area contributed by atoms with Crippen molar-refractivity contribution in [2.45, 2.75) is 12.8 Å². The Morgan fingerprint density at radius 2 is 1.89 bits per heavy atom. The van der Waals surface area contributed by atoms with E-state index in [2.05, 4.69) is 46.1 Å². The van der Waals surface area contributed by atoms with Gasteiger partial charge < -0.3 is 5.32 Å². The maximum atomic E-state index is 14.7. The van der Waals surface area contributed by atoms with Gasteiger partial charge in [-0.05, 0) is 82.0 Å². The quantitative estimate of drug-likeness (QED) is 0.448. The summed E-state index contributed by atoms with van der Waals surface area (Å²) in [6.07, 6.45) is 6.30. The second kappa shape index (κ2) is 7.64. The van der Waals surface area contributed by atoms with E-state index >= 15 is 0 Å². The number of benzene rings is 3. The number of hydrogen-bond acceptors (Lipinski definition) is 1. The zero-order chi connectivity index (χ0) is 18.8. The van der Waals surface area contributed by atoms with Crippen LogP contribution in [0.3, 0.4) is 0 Å². The summed E-state index contributed by atoms with van der Waals surface area (Å²) in [4.78, 5) is 12.4. The fourth-order valence-corrected chi connectivity index (χ4v) is 3.97. The van der Waals surface area contributed by atoms with Gasteiger partial charge in [0.15, 0.2) is 0 Å². The molecule has 3 aromatic rings. The lowest BCUT2D eigenvalue weighted by atomic mass is 9.90. The molecule has 1 amide bonds. The number of halogens is 2. The van der Waals surface area contributed by atoms with E-state index < -0.39 is 5.82 Å². The van der Waals surface area contributed by atoms with Gasteiger partial charge in [-0.25, -0.2) is 4.39 Å². The summed E-state index contributed by atoms with van der Waals surface area (Å²) in [6.45, 7) is 0. The Bertz CT molecular complexity index is 1060. The molecule has 2 nitrogen and oxygen atoms in total. The highest BCUT2D eigenvalue weighted by molar-refractivity contribution is 14.1. The van der Waals surface area contributed by atoms with E-state index in [1.807, 2.05) is 30.3 Å². The molecule has 0 atom stereocenters. The number of amides is 1. The van der Waals surface area contributed by atoms with Crippen LogP contribution in [0.5, 0.6) is 0 Å². The molecule has 0 heterocycles. The van der Waals surface area contributed by atoms with Gasteiger partial charge in [-0.3, -0.25) is 4.79 Å². The standard InChI is InChI=1S/C23H17FINO/c24-20-14-16(18-10-5-7-15-6-1-2-8-17(15)18)12-13-22(20)26-23(27)19-9-3-4-11-21(19)25/h2-5,7-14H,1,6H2,(H,26,27). The summed E-state index contributed by atoms with van der Waals surface area (Å²) in [5, 5.41) is 2.68. The van der Waals surface area contributed by atoms with E-state index in [1.54, 1.807) is 18.2 Å². The molecule has 1 aliphatic rings. The maximum Gasteiger partial charge on any atom is 0.256 e. The van der Waals surface area contributed by atoms with Crippen molar-refractivity contribution in [3.8, 4) is 11.1 Å². The zero-order valence-electron chi connectivity index (χ0n) is 14.5. The van der Waals surface area contributed by atoms with Crippen LogP contribution in [0.1, 0.15) is 27.9 Å². The molecule has 0 bridgehead atoms. The van der Waals surface area contributed by atoms with Crippen molar-refractivity contribution in [2.24, 2.45) is 0 Å². The Hall–Kier alpha value is -2.47. The highest BCUT2D eigenvalue weighted by atomic mass is 127. The van der Waals surface area contributed by atoms with Gasteiger partial charge in [-0.15, -0.1) is 0 Å². The second-order valence-corrected chi connectivity index (χ2v) is 7.61. The van der Waals surface area contributed by atoms with E-state index in [-0.39, 0.29) is 11.6 Å². The van der Waals surface area contributed by atoms with Crippen molar-refractivity contribution in [3.05, 3.63) is 92.8 Å². The number of allylic oxidation sites excluding steroid dienone is 1. The number of fused-ring (bicyclic) bond motifs is 1. The molecule has 134 valence electrons. The molecule has 4 heteroatoms. The molecule has 0 fully saturated rings. The highest BCUT2D eigenvalue weighted by Gasteiger charge is 2.15. The second-order valence-electron chi connectivity index (χ2n) is 6.45. The van der Waals surface area contributed by atoms with E-state index in [0.29, 0.717) is 5.56 Å². The molecule has 27 heavy (non-hydrogen) atoms. The van der Waals surface area contributed by atoms with Crippen LogP contribution in [-0.2, 0) is 6.42 Å². The number of anilines is 1. The molecule has 0 radical (unpaired) electrons. The summed E-state index contributed by atoms with van der Waals surface area (Å²) >= 11 is 2.10. The lowest BCUT2D eigenvalue weighted by molar-refractivity contribution is 0.102. The lowest BCUT2D eigenvalue weighted by Gasteiger charge is -2.16. The number of aryl methyl sites for hydroxylation is 1. The Morgan fingerprint density at radius 3 is 2.70 bits per heavy atom. The van der Waals surface area contributed by atoms with Crippen LogP contribution in [0.15, 0.2) is 66.7 Å². The van der Waals surface area contributed by atoms with Gasteiger partial charge in [-0.1, -0.05) is 48.6 Å². The first kappa shape index (κ1) is 17.9. The highest BCUT2D eigenvalue weighted by Crippen LogP contribution is 2.32. The molecule has 0 aromatic heterocycles. The minimum absolute atomic E-state index is 0.184. The summed E-state index contributed by atoms with van der Waals surface area (Å²) < 4.78 is 15.5. The van der Waals surface area contributed by atoms with Crippen molar-refractivity contribution in [2.75, 3.05) is 5.32 Å². The third kappa shape index (κ3) is 3.67. The number of rotatable bonds is 3. The Kier molecular flexibility index (Phi) is 5.07. The largest absolute Gasteiger partial charge is 0.319 e. The predicted octanol–water partition coefficient (Wildman–Crippen LogP) is 6.31. The fourth-order valence-electron chi connectivity index (χ4n) is 3.34. The number of carbonyl (C=O) groups is 1. The van der Waals surface area contributed by atoms with Gasteiger partial charge in [-0.2, -0.15) is 0 Å². The van der Waals surface area contributed by atoms with Gasteiger partial charge in [0.05, 0.1) is 11.3 Å². The molecule has 0 aliphatic heterocycles. The van der Waals surface area contributed by atoms with Crippen LogP contribution in [0, 0.1) is 9.39 Å². The van der Waals surface area contributed by atoms with Crippen LogP contribution < -0.4 is 5.32 Å². The summed E-state index contributed by atoms with van der Waals surface area (Å²) in [7, 11) is 0. The molecule has 0 saturated heterocycles. The first-order valence-corrected chi connectivity index (χ1v) is 9.85. The van der Waals surface area contributed by atoms with Crippen LogP contribution in [0.2, 0.25) is 0 Å². The van der Waals surface area contributed by atoms with E-state index in [9.17, 15) is 9.18 Å². The minimum Gasteiger partial charge on any atom is -0.319 e. The molecule has 0 spiro atoms. The third-order valence-corrected chi connectivity index (χ3v) is 5.65. The average molecular weight is 469 g/mol. The number of hydrogen-bond donors (Lipinski definition) is 1. The first-order chi connectivity index (χ1) is 13.1. The zero-order valence-corrected chi connectivity index (χ0v) is 16.7. The van der Waals surface area contributed by atoms with E-state index in [0.717, 1.165) is 33.1 Å². The fraction of sp³-hybridized carbons (Fsp3) is 0.0870. The number of carbonyl (C=O) groups excluding carboxylic acids is 1. The van der Waals surface area contributed by atoms with E-state index in [4.69, 9.17) is 0 Å². The molecule has 1 N–H and O–H groups in total. The van der Waals surface area contributed by atoms with Crippen molar-refractivity contribution in [1.29, 1.82) is 0 Å². The van der Waals surface area contributed by atoms with E-state index in [1.165, 1.54) is 11.6 Å². The van der Waals surface area contributed by atoms with Crippen molar-refractivity contribution < 1.29 is 9.18 Å². The first-order valence-electron chi connectivity index (χ1n) is 8.78. The molecule has 0 saturated carbocycles. The number of nitrogens with one attached hydrogen (secondary N) is 1. The molecular formula is C23H17FINO. The van der Waals surface area contributed by atoms with Gasteiger partial charge in [0.2, 0.25) is 0 Å². The smallest absolute Gasteiger partial charge is 0.256 e. The van der Waals surface area contributed by atoms with Gasteiger partial charge in [0.1, 0.15) is 5.82 Å². The minimum atomic E-state index is -0.441. The van der Waals surface area contributed by atoms with Crippen molar-refractivity contribution >= 4 is 40.3 Å². The Morgan fingerprint density at radius 1 is 1.04 bits per heavy atom. The molecule has 4 rings (SSSR count). The average Bonchev–Trinajstić information content (AvgIpc) is 2.69. The van der Waals surface area contributed by atoms with Crippen LogP contribution >= 0.6 is 22.6 Å². The van der Waals surface area contributed by atoms with Gasteiger partial charge >= 0.3 is 0 Å². The normalized spacial score (nSPS) is 12.5.